The SMILES string of the molecule is C#CC(C)(O)[C@@H]1CCCN1C(=O)OC. The van der Waals surface area contributed by atoms with Crippen LogP contribution in [0.1, 0.15) is 19.8 Å². The summed E-state index contributed by atoms with van der Waals surface area (Å²) in [4.78, 5) is 12.8. The van der Waals surface area contributed by atoms with E-state index in [1.54, 1.807) is 6.92 Å². The van der Waals surface area contributed by atoms with Crippen molar-refractivity contribution in [3.05, 3.63) is 0 Å². The molecule has 2 atom stereocenters. The minimum absolute atomic E-state index is 0.333. The molecule has 1 saturated heterocycles. The van der Waals surface area contributed by atoms with Crippen molar-refractivity contribution in [2.24, 2.45) is 0 Å². The number of aliphatic hydroxyl groups is 1. The normalized spacial score (nSPS) is 25.3. The van der Waals surface area contributed by atoms with E-state index in [0.717, 1.165) is 6.42 Å². The third-order valence-electron chi connectivity index (χ3n) is 2.60. The van der Waals surface area contributed by atoms with Gasteiger partial charge in [0.15, 0.2) is 0 Å². The molecule has 0 radical (unpaired) electrons. The van der Waals surface area contributed by atoms with Crippen molar-refractivity contribution < 1.29 is 14.6 Å². The topological polar surface area (TPSA) is 49.8 Å². The van der Waals surface area contributed by atoms with E-state index in [0.29, 0.717) is 13.0 Å². The Morgan fingerprint density at radius 3 is 2.93 bits per heavy atom. The fourth-order valence-electron chi connectivity index (χ4n) is 1.78. The Kier molecular flexibility index (Phi) is 3.02. The number of methoxy groups -OCH3 is 1. The van der Waals surface area contributed by atoms with E-state index in [9.17, 15) is 9.90 Å². The van der Waals surface area contributed by atoms with Gasteiger partial charge in [-0.1, -0.05) is 5.92 Å². The van der Waals surface area contributed by atoms with E-state index in [2.05, 4.69) is 10.7 Å². The van der Waals surface area contributed by atoms with Gasteiger partial charge in [0.25, 0.3) is 0 Å². The molecule has 1 aliphatic rings. The highest BCUT2D eigenvalue weighted by Gasteiger charge is 2.40. The highest BCUT2D eigenvalue weighted by molar-refractivity contribution is 5.68. The molecule has 0 bridgehead atoms. The van der Waals surface area contributed by atoms with Gasteiger partial charge < -0.3 is 14.7 Å². The van der Waals surface area contributed by atoms with Crippen LogP contribution < -0.4 is 0 Å². The number of ether oxygens (including phenoxy) is 1. The van der Waals surface area contributed by atoms with Gasteiger partial charge in [-0.25, -0.2) is 4.79 Å². The van der Waals surface area contributed by atoms with Crippen molar-refractivity contribution in [3.63, 3.8) is 0 Å². The quantitative estimate of drug-likeness (QED) is 0.626. The number of rotatable bonds is 1. The Hall–Kier alpha value is -1.21. The van der Waals surface area contributed by atoms with Crippen LogP contribution in [-0.4, -0.2) is 41.4 Å². The van der Waals surface area contributed by atoms with Crippen molar-refractivity contribution in [3.8, 4) is 12.3 Å². The molecule has 0 saturated carbocycles. The molecular formula is C10H15NO3. The first-order chi connectivity index (χ1) is 6.53. The molecule has 1 amide bonds. The number of hydrogen-bond donors (Lipinski definition) is 1. The van der Waals surface area contributed by atoms with Gasteiger partial charge >= 0.3 is 6.09 Å². The second kappa shape index (κ2) is 3.89. The zero-order valence-electron chi connectivity index (χ0n) is 8.49. The summed E-state index contributed by atoms with van der Waals surface area (Å²) in [5.74, 6) is 2.30. The maximum Gasteiger partial charge on any atom is 0.409 e. The Balaban J connectivity index is 2.80. The average Bonchev–Trinajstić information content (AvgIpc) is 2.65. The molecule has 1 aliphatic heterocycles. The molecule has 0 aromatic carbocycles. The van der Waals surface area contributed by atoms with Gasteiger partial charge in [-0.3, -0.25) is 0 Å². The smallest absolute Gasteiger partial charge is 0.409 e. The van der Waals surface area contributed by atoms with Crippen LogP contribution in [0.3, 0.4) is 0 Å². The van der Waals surface area contributed by atoms with E-state index in [1.165, 1.54) is 12.0 Å². The van der Waals surface area contributed by atoms with E-state index in [4.69, 9.17) is 6.42 Å². The maximum atomic E-state index is 11.3. The summed E-state index contributed by atoms with van der Waals surface area (Å²) in [7, 11) is 1.32. The van der Waals surface area contributed by atoms with E-state index in [-0.39, 0.29) is 6.04 Å². The standard InChI is InChI=1S/C10H15NO3/c1-4-10(2,13)8-6-5-7-11(8)9(12)14-3/h1,8,13H,5-7H2,2-3H3/t8-,10?/m0/s1. The zero-order valence-corrected chi connectivity index (χ0v) is 8.49. The molecule has 1 N–H and O–H groups in total. The first-order valence-electron chi connectivity index (χ1n) is 4.57. The van der Waals surface area contributed by atoms with Crippen LogP contribution >= 0.6 is 0 Å². The molecule has 78 valence electrons. The maximum absolute atomic E-state index is 11.3. The van der Waals surface area contributed by atoms with Crippen LogP contribution in [0.2, 0.25) is 0 Å². The lowest BCUT2D eigenvalue weighted by molar-refractivity contribution is 0.0275. The summed E-state index contributed by atoms with van der Waals surface area (Å²) >= 11 is 0. The molecule has 4 heteroatoms. The fourth-order valence-corrected chi connectivity index (χ4v) is 1.78. The van der Waals surface area contributed by atoms with Crippen molar-refractivity contribution >= 4 is 6.09 Å². The Morgan fingerprint density at radius 1 is 1.79 bits per heavy atom. The third-order valence-corrected chi connectivity index (χ3v) is 2.60. The Labute approximate surface area is 83.8 Å². The summed E-state index contributed by atoms with van der Waals surface area (Å²) in [5.41, 5.74) is -1.27. The molecule has 0 spiro atoms. The van der Waals surface area contributed by atoms with Crippen LogP contribution in [-0.2, 0) is 4.74 Å². The Morgan fingerprint density at radius 2 is 2.43 bits per heavy atom. The predicted octanol–water partition coefficient (Wildman–Crippen LogP) is 0.601. The third kappa shape index (κ3) is 1.83. The molecule has 1 unspecified atom stereocenters. The molecule has 0 aliphatic carbocycles. The molecular weight excluding hydrogens is 182 g/mol. The molecule has 4 nitrogen and oxygen atoms in total. The number of likely N-dealkylation sites (tertiary alicyclic amines) is 1. The van der Waals surface area contributed by atoms with Gasteiger partial charge in [0, 0.05) is 6.54 Å². The summed E-state index contributed by atoms with van der Waals surface area (Å²) in [6, 6.07) is -0.333. The number of nitrogens with zero attached hydrogens (tertiary/aromatic N) is 1. The number of hydrogen-bond acceptors (Lipinski definition) is 3. The highest BCUT2D eigenvalue weighted by atomic mass is 16.5. The molecule has 1 rings (SSSR count). The van der Waals surface area contributed by atoms with Crippen LogP contribution in [0, 0.1) is 12.3 Å². The molecule has 1 fully saturated rings. The first kappa shape index (κ1) is 10.9. The van der Waals surface area contributed by atoms with Crippen LogP contribution in [0.5, 0.6) is 0 Å². The Bertz CT molecular complexity index is 267. The zero-order chi connectivity index (χ0) is 10.8. The largest absolute Gasteiger partial charge is 0.453 e. The fraction of sp³-hybridized carbons (Fsp3) is 0.700. The minimum Gasteiger partial charge on any atom is -0.453 e. The van der Waals surface area contributed by atoms with Crippen molar-refractivity contribution in [1.82, 2.24) is 4.90 Å². The van der Waals surface area contributed by atoms with Gasteiger partial charge in [-0.2, -0.15) is 0 Å². The van der Waals surface area contributed by atoms with Gasteiger partial charge in [-0.15, -0.1) is 6.42 Å². The lowest BCUT2D eigenvalue weighted by Gasteiger charge is -2.31. The second-order valence-electron chi connectivity index (χ2n) is 3.61. The van der Waals surface area contributed by atoms with Crippen LogP contribution in [0.4, 0.5) is 4.79 Å². The van der Waals surface area contributed by atoms with Crippen LogP contribution in [0.25, 0.3) is 0 Å². The van der Waals surface area contributed by atoms with Gasteiger partial charge in [0.2, 0.25) is 0 Å². The highest BCUT2D eigenvalue weighted by Crippen LogP contribution is 2.26. The van der Waals surface area contributed by atoms with Crippen molar-refractivity contribution in [2.75, 3.05) is 13.7 Å². The summed E-state index contributed by atoms with van der Waals surface area (Å²) in [6.45, 7) is 2.13. The van der Waals surface area contributed by atoms with Crippen molar-refractivity contribution in [1.29, 1.82) is 0 Å². The van der Waals surface area contributed by atoms with Gasteiger partial charge in [0.1, 0.15) is 5.60 Å². The van der Waals surface area contributed by atoms with E-state index in [1.807, 2.05) is 0 Å². The summed E-state index contributed by atoms with van der Waals surface area (Å²) in [5, 5.41) is 9.85. The number of carbonyl (C=O) groups excluding carboxylic acids is 1. The molecule has 14 heavy (non-hydrogen) atoms. The van der Waals surface area contributed by atoms with Gasteiger partial charge in [-0.05, 0) is 19.8 Å². The molecule has 1 heterocycles. The molecule has 0 aromatic heterocycles. The first-order valence-corrected chi connectivity index (χ1v) is 4.57. The summed E-state index contributed by atoms with van der Waals surface area (Å²) in [6.07, 6.45) is 6.34. The average molecular weight is 197 g/mol. The van der Waals surface area contributed by atoms with Crippen molar-refractivity contribution in [2.45, 2.75) is 31.4 Å². The lowest BCUT2D eigenvalue weighted by atomic mass is 9.95. The second-order valence-corrected chi connectivity index (χ2v) is 3.61. The van der Waals surface area contributed by atoms with Gasteiger partial charge in [0.05, 0.1) is 13.2 Å². The lowest BCUT2D eigenvalue weighted by Crippen LogP contribution is -2.49. The number of amides is 1. The minimum atomic E-state index is -1.27. The molecule has 0 aromatic rings. The van der Waals surface area contributed by atoms with Crippen LogP contribution in [0.15, 0.2) is 0 Å². The number of terminal acetylenes is 1. The monoisotopic (exact) mass is 197 g/mol. The number of carbonyl (C=O) groups is 1. The predicted molar refractivity (Wildman–Crippen MR) is 51.6 cm³/mol. The van der Waals surface area contributed by atoms with E-state index < -0.39 is 11.7 Å². The van der Waals surface area contributed by atoms with E-state index >= 15 is 0 Å². The summed E-state index contributed by atoms with van der Waals surface area (Å²) < 4.78 is 4.61.